The lowest BCUT2D eigenvalue weighted by atomic mass is 9.47. The Morgan fingerprint density at radius 1 is 1.24 bits per heavy atom. The summed E-state index contributed by atoms with van der Waals surface area (Å²) in [5, 5.41) is 30.2. The summed E-state index contributed by atoms with van der Waals surface area (Å²) in [5.74, 6) is 2.00. The number of hydrogen-bond donors (Lipinski definition) is 2. The van der Waals surface area contributed by atoms with Crippen LogP contribution < -0.4 is 0 Å². The van der Waals surface area contributed by atoms with Gasteiger partial charge in [-0.25, -0.2) is 0 Å². The largest absolute Gasteiger partial charge is 0.393 e. The minimum absolute atomic E-state index is 0.000103. The summed E-state index contributed by atoms with van der Waals surface area (Å²) in [6.07, 6.45) is 9.19. The molecule has 4 rings (SSSR count). The van der Waals surface area contributed by atoms with Crippen molar-refractivity contribution in [2.45, 2.75) is 77.9 Å². The highest BCUT2D eigenvalue weighted by Crippen LogP contribution is 2.67. The molecule has 0 aromatic heterocycles. The molecule has 0 saturated heterocycles. The third-order valence-electron chi connectivity index (χ3n) is 8.90. The third kappa shape index (κ3) is 2.37. The molecule has 25 heavy (non-hydrogen) atoms. The van der Waals surface area contributed by atoms with Crippen LogP contribution in [0.5, 0.6) is 0 Å². The molecule has 0 amide bonds. The number of nitrogens with zero attached hydrogens (tertiary/aromatic N) is 1. The van der Waals surface area contributed by atoms with E-state index >= 15 is 0 Å². The number of nitriles is 1. The molecule has 0 radical (unpaired) electrons. The van der Waals surface area contributed by atoms with Crippen molar-refractivity contribution in [3.8, 4) is 6.07 Å². The minimum atomic E-state index is -0.397. The first kappa shape index (κ1) is 17.6. The van der Waals surface area contributed by atoms with Crippen molar-refractivity contribution < 1.29 is 10.2 Å². The maximum Gasteiger partial charge on any atom is 0.0660 e. The zero-order valence-corrected chi connectivity index (χ0v) is 15.9. The highest BCUT2D eigenvalue weighted by atomic mass is 16.3. The molecule has 0 aromatic rings. The normalized spacial score (nSPS) is 53.0. The molecule has 3 nitrogen and oxygen atoms in total. The van der Waals surface area contributed by atoms with Crippen LogP contribution in [-0.4, -0.2) is 22.4 Å². The molecule has 0 heterocycles. The van der Waals surface area contributed by atoms with Crippen LogP contribution in [0.4, 0.5) is 0 Å². The van der Waals surface area contributed by atoms with Crippen molar-refractivity contribution in [3.63, 3.8) is 0 Å². The van der Waals surface area contributed by atoms with Crippen LogP contribution in [0.15, 0.2) is 11.6 Å². The monoisotopic (exact) mass is 343 g/mol. The molecule has 3 saturated carbocycles. The lowest BCUT2D eigenvalue weighted by molar-refractivity contribution is -0.0692. The molecule has 0 aromatic carbocycles. The Labute approximate surface area is 152 Å². The quantitative estimate of drug-likeness (QED) is 0.706. The predicted molar refractivity (Wildman–Crippen MR) is 97.4 cm³/mol. The molecule has 3 unspecified atom stereocenters. The number of fused-ring (bicyclic) bond motifs is 5. The van der Waals surface area contributed by atoms with E-state index in [1.165, 1.54) is 12.0 Å². The number of aliphatic hydroxyl groups excluding tert-OH is 2. The van der Waals surface area contributed by atoms with Gasteiger partial charge in [0.2, 0.25) is 0 Å². The Balaban J connectivity index is 1.69. The molecule has 138 valence electrons. The van der Waals surface area contributed by atoms with Crippen molar-refractivity contribution in [3.05, 3.63) is 11.6 Å². The second kappa shape index (κ2) is 5.83. The van der Waals surface area contributed by atoms with Gasteiger partial charge in [-0.1, -0.05) is 25.5 Å². The van der Waals surface area contributed by atoms with Crippen molar-refractivity contribution in [2.24, 2.45) is 40.4 Å². The van der Waals surface area contributed by atoms with E-state index in [1.54, 1.807) is 0 Å². The third-order valence-corrected chi connectivity index (χ3v) is 8.90. The fraction of sp³-hybridized carbons (Fsp3) is 0.864. The minimum Gasteiger partial charge on any atom is -0.393 e. The van der Waals surface area contributed by atoms with Gasteiger partial charge in [-0.15, -0.1) is 0 Å². The van der Waals surface area contributed by atoms with Gasteiger partial charge in [0.15, 0.2) is 0 Å². The number of aliphatic hydroxyl groups is 2. The Kier molecular flexibility index (Phi) is 4.09. The molecule has 4 aliphatic rings. The Hall–Kier alpha value is -0.850. The van der Waals surface area contributed by atoms with E-state index in [2.05, 4.69) is 26.0 Å². The summed E-state index contributed by atoms with van der Waals surface area (Å²) in [6, 6.07) is 2.54. The lowest BCUT2D eigenvalue weighted by Gasteiger charge is -2.58. The molecule has 0 bridgehead atoms. The van der Waals surface area contributed by atoms with Gasteiger partial charge < -0.3 is 10.2 Å². The van der Waals surface area contributed by atoms with Crippen LogP contribution in [-0.2, 0) is 0 Å². The van der Waals surface area contributed by atoms with Crippen LogP contribution in [0, 0.1) is 51.8 Å². The van der Waals surface area contributed by atoms with Crippen molar-refractivity contribution in [1.82, 2.24) is 0 Å². The first-order valence-electron chi connectivity index (χ1n) is 10.3. The second-order valence-electron chi connectivity index (χ2n) is 9.94. The van der Waals surface area contributed by atoms with Crippen LogP contribution in [0.25, 0.3) is 0 Å². The number of rotatable bonds is 1. The van der Waals surface area contributed by atoms with Gasteiger partial charge in [0.05, 0.1) is 24.2 Å². The highest BCUT2D eigenvalue weighted by molar-refractivity contribution is 5.26. The molecular formula is C22H33NO2. The average Bonchev–Trinajstić information content (AvgIpc) is 2.88. The van der Waals surface area contributed by atoms with E-state index in [4.69, 9.17) is 0 Å². The molecule has 0 aliphatic heterocycles. The zero-order chi connectivity index (χ0) is 18.0. The van der Waals surface area contributed by atoms with E-state index in [1.807, 2.05) is 6.92 Å². The molecule has 0 spiro atoms. The summed E-state index contributed by atoms with van der Waals surface area (Å²) in [5.41, 5.74) is 1.85. The van der Waals surface area contributed by atoms with Crippen molar-refractivity contribution >= 4 is 0 Å². The Bertz CT molecular complexity index is 620. The standard InChI is InChI=1S/C22H33NO2/c1-13(24)20-14(12-23)10-19-17-5-4-15-11-16(25)6-8-21(15,2)18(17)7-9-22(19,20)3/h4,13-14,16-20,24-25H,5-11H2,1-3H3/t13?,14?,16?,17-,18+,19+,20+,21+,22+/m1/s1. The maximum atomic E-state index is 10.4. The molecule has 3 heteroatoms. The average molecular weight is 344 g/mol. The van der Waals surface area contributed by atoms with Gasteiger partial charge in [-0.05, 0) is 80.5 Å². The van der Waals surface area contributed by atoms with Gasteiger partial charge in [-0.3, -0.25) is 0 Å². The second-order valence-corrected chi connectivity index (χ2v) is 9.94. The lowest BCUT2D eigenvalue weighted by Crippen LogP contribution is -2.51. The SMILES string of the molecule is CC(O)[C@H]1C(C#N)C[C@H]2[C@@H]3CC=C4CC(O)CC[C@]4(C)[C@H]3CC[C@]12C. The van der Waals surface area contributed by atoms with E-state index in [0.717, 1.165) is 38.5 Å². The van der Waals surface area contributed by atoms with E-state index in [-0.39, 0.29) is 28.8 Å². The maximum absolute atomic E-state index is 10.4. The number of hydrogen-bond acceptors (Lipinski definition) is 3. The zero-order valence-electron chi connectivity index (χ0n) is 15.9. The number of allylic oxidation sites excluding steroid dienone is 1. The highest BCUT2D eigenvalue weighted by Gasteiger charge is 2.61. The topological polar surface area (TPSA) is 64.2 Å². The van der Waals surface area contributed by atoms with Gasteiger partial charge in [0.1, 0.15) is 0 Å². The molecule has 3 fully saturated rings. The van der Waals surface area contributed by atoms with E-state index in [0.29, 0.717) is 17.8 Å². The van der Waals surface area contributed by atoms with Crippen LogP contribution in [0.2, 0.25) is 0 Å². The van der Waals surface area contributed by atoms with Gasteiger partial charge in [0.25, 0.3) is 0 Å². The molecule has 4 aliphatic carbocycles. The van der Waals surface area contributed by atoms with Gasteiger partial charge in [0, 0.05) is 5.92 Å². The van der Waals surface area contributed by atoms with Gasteiger partial charge in [-0.2, -0.15) is 5.26 Å². The summed E-state index contributed by atoms with van der Waals surface area (Å²) >= 11 is 0. The fourth-order valence-electron chi connectivity index (χ4n) is 7.75. The van der Waals surface area contributed by atoms with E-state index < -0.39 is 6.10 Å². The van der Waals surface area contributed by atoms with Gasteiger partial charge >= 0.3 is 0 Å². The first-order chi connectivity index (χ1) is 11.8. The van der Waals surface area contributed by atoms with Crippen molar-refractivity contribution in [1.29, 1.82) is 5.26 Å². The van der Waals surface area contributed by atoms with Crippen molar-refractivity contribution in [2.75, 3.05) is 0 Å². The van der Waals surface area contributed by atoms with Crippen LogP contribution in [0.1, 0.15) is 65.7 Å². The smallest absolute Gasteiger partial charge is 0.0660 e. The molecule has 2 N–H and O–H groups in total. The predicted octanol–water partition coefficient (Wildman–Crippen LogP) is 4.06. The fourth-order valence-corrected chi connectivity index (χ4v) is 7.75. The summed E-state index contributed by atoms with van der Waals surface area (Å²) < 4.78 is 0. The summed E-state index contributed by atoms with van der Waals surface area (Å²) in [7, 11) is 0. The molecule has 9 atom stereocenters. The summed E-state index contributed by atoms with van der Waals surface area (Å²) in [6.45, 7) is 6.68. The first-order valence-corrected chi connectivity index (χ1v) is 10.3. The Morgan fingerprint density at radius 2 is 2.00 bits per heavy atom. The Morgan fingerprint density at radius 3 is 2.68 bits per heavy atom. The van der Waals surface area contributed by atoms with Crippen LogP contribution in [0.3, 0.4) is 0 Å². The van der Waals surface area contributed by atoms with E-state index in [9.17, 15) is 15.5 Å². The van der Waals surface area contributed by atoms with Crippen LogP contribution >= 0.6 is 0 Å². The molecular weight excluding hydrogens is 310 g/mol. The summed E-state index contributed by atoms with van der Waals surface area (Å²) in [4.78, 5) is 0.